The topological polar surface area (TPSA) is 55.1 Å². The van der Waals surface area contributed by atoms with E-state index < -0.39 is 28.6 Å². The number of alkyl halides is 3. The van der Waals surface area contributed by atoms with Crippen LogP contribution in [-0.2, 0) is 6.18 Å². The number of aryl methyl sites for hydroxylation is 1. The second kappa shape index (κ2) is 5.23. The molecule has 1 N–H and O–H groups in total. The Bertz CT molecular complexity index is 726. The number of benzene rings is 1. The smallest absolute Gasteiger partial charge is 0.436 e. The van der Waals surface area contributed by atoms with E-state index in [4.69, 9.17) is 28.3 Å². The first-order chi connectivity index (χ1) is 9.62. The molecule has 4 nitrogen and oxygen atoms in total. The fraction of sp³-hybridized carbons (Fsp3) is 0.167. The van der Waals surface area contributed by atoms with Crippen LogP contribution in [0, 0.1) is 6.92 Å². The molecule has 0 fully saturated rings. The molecule has 0 aliphatic heterocycles. The van der Waals surface area contributed by atoms with Crippen molar-refractivity contribution in [1.82, 2.24) is 9.78 Å². The van der Waals surface area contributed by atoms with Gasteiger partial charge >= 0.3 is 12.1 Å². The number of carbonyl (C=O) groups is 1. The number of aromatic nitrogens is 2. The average molecular weight is 339 g/mol. The largest absolute Gasteiger partial charge is 0.478 e. The van der Waals surface area contributed by atoms with Crippen LogP contribution in [0.5, 0.6) is 0 Å². The molecule has 0 spiro atoms. The van der Waals surface area contributed by atoms with Crippen LogP contribution in [-0.4, -0.2) is 20.9 Å². The van der Waals surface area contributed by atoms with Crippen LogP contribution in [0.2, 0.25) is 10.2 Å². The zero-order valence-corrected chi connectivity index (χ0v) is 11.9. The van der Waals surface area contributed by atoms with Crippen LogP contribution in [0.25, 0.3) is 5.69 Å². The van der Waals surface area contributed by atoms with Crippen LogP contribution in [0.4, 0.5) is 13.2 Å². The Kier molecular flexibility index (Phi) is 3.90. The van der Waals surface area contributed by atoms with Crippen molar-refractivity contribution >= 4 is 29.2 Å². The quantitative estimate of drug-likeness (QED) is 0.892. The molecule has 0 unspecified atom stereocenters. The summed E-state index contributed by atoms with van der Waals surface area (Å²) >= 11 is 11.6. The Morgan fingerprint density at radius 2 is 1.95 bits per heavy atom. The fourth-order valence-electron chi connectivity index (χ4n) is 1.67. The summed E-state index contributed by atoms with van der Waals surface area (Å²) < 4.78 is 39.2. The van der Waals surface area contributed by atoms with Gasteiger partial charge in [-0.15, -0.1) is 0 Å². The molecule has 1 aromatic carbocycles. The molecule has 9 heteroatoms. The fourth-order valence-corrected chi connectivity index (χ4v) is 2.15. The van der Waals surface area contributed by atoms with Gasteiger partial charge in [0.1, 0.15) is 10.7 Å². The van der Waals surface area contributed by atoms with Gasteiger partial charge in [0, 0.05) is 5.02 Å². The maximum atomic E-state index is 12.8. The van der Waals surface area contributed by atoms with Crippen LogP contribution in [0.15, 0.2) is 18.2 Å². The second-order valence-corrected chi connectivity index (χ2v) is 4.93. The number of halogens is 5. The van der Waals surface area contributed by atoms with Gasteiger partial charge in [-0.25, -0.2) is 9.48 Å². The predicted molar refractivity (Wildman–Crippen MR) is 70.3 cm³/mol. The van der Waals surface area contributed by atoms with Crippen molar-refractivity contribution in [2.45, 2.75) is 13.1 Å². The van der Waals surface area contributed by atoms with Gasteiger partial charge < -0.3 is 5.11 Å². The van der Waals surface area contributed by atoms with Crippen molar-refractivity contribution in [2.24, 2.45) is 0 Å². The maximum Gasteiger partial charge on any atom is 0.436 e. The first kappa shape index (κ1) is 15.7. The number of nitrogens with zero attached hydrogens (tertiary/aromatic N) is 2. The van der Waals surface area contributed by atoms with Crippen molar-refractivity contribution in [3.63, 3.8) is 0 Å². The summed E-state index contributed by atoms with van der Waals surface area (Å²) in [6.07, 6.45) is -4.93. The Hall–Kier alpha value is -1.73. The first-order valence-corrected chi connectivity index (χ1v) is 6.24. The highest BCUT2D eigenvalue weighted by Gasteiger charge is 2.41. The summed E-state index contributed by atoms with van der Waals surface area (Å²) in [5.41, 5.74) is -1.82. The number of aromatic carboxylic acids is 1. The lowest BCUT2D eigenvalue weighted by atomic mass is 10.2. The Balaban J connectivity index is 2.71. The van der Waals surface area contributed by atoms with Crippen molar-refractivity contribution in [3.05, 3.63) is 45.2 Å². The summed E-state index contributed by atoms with van der Waals surface area (Å²) in [5, 5.41) is 11.8. The normalized spacial score (nSPS) is 11.7. The second-order valence-electron chi connectivity index (χ2n) is 4.16. The van der Waals surface area contributed by atoms with Crippen LogP contribution in [0.1, 0.15) is 21.6 Å². The van der Waals surface area contributed by atoms with Gasteiger partial charge in [0.25, 0.3) is 0 Å². The lowest BCUT2D eigenvalue weighted by molar-refractivity contribution is -0.141. The van der Waals surface area contributed by atoms with Crippen LogP contribution < -0.4 is 0 Å². The molecule has 1 heterocycles. The minimum Gasteiger partial charge on any atom is -0.478 e. The standard InChI is InChI=1S/C12H7Cl2F3N2O2/c1-5-2-3-6(4-7(5)13)19-10(14)8(11(20)21)9(18-19)12(15,16)17/h2-4H,1H3,(H,20,21). The third-order valence-corrected chi connectivity index (χ3v) is 3.47. The molecular formula is C12H7Cl2F3N2O2. The Morgan fingerprint density at radius 3 is 2.38 bits per heavy atom. The van der Waals surface area contributed by atoms with E-state index in [1.165, 1.54) is 12.1 Å². The minimum atomic E-state index is -4.93. The number of carboxylic acids is 1. The highest BCUT2D eigenvalue weighted by Crippen LogP contribution is 2.36. The number of hydrogen-bond donors (Lipinski definition) is 1. The Morgan fingerprint density at radius 1 is 1.33 bits per heavy atom. The van der Waals surface area contributed by atoms with Gasteiger partial charge in [0.2, 0.25) is 0 Å². The summed E-state index contributed by atoms with van der Waals surface area (Å²) in [7, 11) is 0. The summed E-state index contributed by atoms with van der Waals surface area (Å²) in [6.45, 7) is 1.71. The molecule has 1 aromatic heterocycles. The zero-order chi connectivity index (χ0) is 15.9. The molecule has 2 aromatic rings. The third kappa shape index (κ3) is 2.84. The van der Waals surface area contributed by atoms with Gasteiger partial charge in [-0.1, -0.05) is 29.3 Å². The van der Waals surface area contributed by atoms with E-state index in [0.717, 1.165) is 0 Å². The van der Waals surface area contributed by atoms with E-state index in [1.807, 2.05) is 0 Å². The molecule has 0 aliphatic carbocycles. The molecule has 0 saturated heterocycles. The number of hydrogen-bond acceptors (Lipinski definition) is 2. The molecular weight excluding hydrogens is 332 g/mol. The third-order valence-electron chi connectivity index (χ3n) is 2.71. The molecule has 21 heavy (non-hydrogen) atoms. The highest BCUT2D eigenvalue weighted by molar-refractivity contribution is 6.33. The van der Waals surface area contributed by atoms with Crippen molar-refractivity contribution in [1.29, 1.82) is 0 Å². The SMILES string of the molecule is Cc1ccc(-n2nc(C(F)(F)F)c(C(=O)O)c2Cl)cc1Cl. The molecule has 0 amide bonds. The van der Waals surface area contributed by atoms with Gasteiger partial charge in [-0.3, -0.25) is 0 Å². The van der Waals surface area contributed by atoms with E-state index in [9.17, 15) is 18.0 Å². The highest BCUT2D eigenvalue weighted by atomic mass is 35.5. The molecule has 0 atom stereocenters. The number of rotatable bonds is 2. The Labute approximate surface area is 126 Å². The van der Waals surface area contributed by atoms with E-state index in [0.29, 0.717) is 15.3 Å². The maximum absolute atomic E-state index is 12.8. The molecule has 0 radical (unpaired) electrons. The van der Waals surface area contributed by atoms with E-state index in [2.05, 4.69) is 5.10 Å². The average Bonchev–Trinajstić information content (AvgIpc) is 2.70. The number of carboxylic acid groups (broad SMARTS) is 1. The van der Waals surface area contributed by atoms with Gasteiger partial charge in [-0.2, -0.15) is 18.3 Å². The lowest BCUT2D eigenvalue weighted by Gasteiger charge is -2.05. The minimum absolute atomic E-state index is 0.133. The summed E-state index contributed by atoms with van der Waals surface area (Å²) in [5.74, 6) is -1.81. The molecule has 2 rings (SSSR count). The van der Waals surface area contributed by atoms with Crippen molar-refractivity contribution in [3.8, 4) is 5.69 Å². The zero-order valence-electron chi connectivity index (χ0n) is 10.4. The molecule has 0 saturated carbocycles. The van der Waals surface area contributed by atoms with Crippen molar-refractivity contribution in [2.75, 3.05) is 0 Å². The summed E-state index contributed by atoms with van der Waals surface area (Å²) in [6, 6.07) is 4.34. The first-order valence-electron chi connectivity index (χ1n) is 5.48. The van der Waals surface area contributed by atoms with Gasteiger partial charge in [0.05, 0.1) is 5.69 Å². The predicted octanol–water partition coefficient (Wildman–Crippen LogP) is 4.20. The van der Waals surface area contributed by atoms with E-state index in [1.54, 1.807) is 13.0 Å². The van der Waals surface area contributed by atoms with Crippen molar-refractivity contribution < 1.29 is 23.1 Å². The molecule has 0 bridgehead atoms. The molecule has 0 aliphatic rings. The summed E-state index contributed by atoms with van der Waals surface area (Å²) in [4.78, 5) is 11.0. The van der Waals surface area contributed by atoms with Crippen LogP contribution in [0.3, 0.4) is 0 Å². The van der Waals surface area contributed by atoms with E-state index in [-0.39, 0.29) is 5.69 Å². The molecule has 112 valence electrons. The van der Waals surface area contributed by atoms with Crippen LogP contribution >= 0.6 is 23.2 Å². The lowest BCUT2D eigenvalue weighted by Crippen LogP contribution is -2.12. The van der Waals surface area contributed by atoms with Gasteiger partial charge in [0.15, 0.2) is 5.69 Å². The van der Waals surface area contributed by atoms with Gasteiger partial charge in [-0.05, 0) is 24.6 Å². The van der Waals surface area contributed by atoms with E-state index >= 15 is 0 Å². The monoisotopic (exact) mass is 338 g/mol.